The number of alkyl halides is 1. The number of ether oxygens (including phenoxy) is 5. The summed E-state index contributed by atoms with van der Waals surface area (Å²) in [5.74, 6) is -0.295. The molecule has 0 saturated heterocycles. The molecule has 1 aromatic heterocycles. The van der Waals surface area contributed by atoms with Gasteiger partial charge in [0.2, 0.25) is 6.17 Å². The fourth-order valence-electron chi connectivity index (χ4n) is 4.35. The van der Waals surface area contributed by atoms with E-state index in [1.54, 1.807) is 36.4 Å². The van der Waals surface area contributed by atoms with Gasteiger partial charge in [-0.05, 0) is 66.2 Å². The smallest absolute Gasteiger partial charge is 0.343 e. The number of benzene rings is 2. The highest BCUT2D eigenvalue weighted by Crippen LogP contribution is 2.33. The van der Waals surface area contributed by atoms with Crippen LogP contribution in [-0.2, 0) is 28.2 Å². The molecule has 3 rings (SSSR count). The van der Waals surface area contributed by atoms with Crippen molar-refractivity contribution < 1.29 is 42.1 Å². The van der Waals surface area contributed by atoms with Crippen LogP contribution in [-0.4, -0.2) is 63.1 Å². The normalized spacial score (nSPS) is 12.9. The van der Waals surface area contributed by atoms with Gasteiger partial charge in [0.1, 0.15) is 44.7 Å². The molecule has 0 unspecified atom stereocenters. The van der Waals surface area contributed by atoms with E-state index >= 15 is 8.78 Å². The Balaban J connectivity index is 2.11. The van der Waals surface area contributed by atoms with Gasteiger partial charge in [0.05, 0.1) is 48.1 Å². The Morgan fingerprint density at radius 3 is 1.93 bits per heavy atom. The van der Waals surface area contributed by atoms with Crippen LogP contribution < -0.4 is 24.3 Å². The predicted molar refractivity (Wildman–Crippen MR) is 158 cm³/mol. The summed E-state index contributed by atoms with van der Waals surface area (Å²) in [6.07, 6.45) is -2.51. The number of carbonyl (C=O) groups is 2. The first-order valence-electron chi connectivity index (χ1n) is 13.1. The first kappa shape index (κ1) is 33.4. The van der Waals surface area contributed by atoms with Crippen molar-refractivity contribution in [2.75, 3.05) is 35.0 Å². The second kappa shape index (κ2) is 14.9. The first-order valence-corrected chi connectivity index (χ1v) is 13.9. The van der Waals surface area contributed by atoms with Crippen LogP contribution in [0.3, 0.4) is 0 Å². The van der Waals surface area contributed by atoms with E-state index in [1.807, 2.05) is 0 Å². The van der Waals surface area contributed by atoms with E-state index < -0.39 is 35.2 Å². The number of carbonyl (C=O) groups excluding carboxylic acids is 2. The van der Waals surface area contributed by atoms with E-state index in [2.05, 4.69) is 26.2 Å². The summed E-state index contributed by atoms with van der Waals surface area (Å²) in [4.78, 5) is 32.1. The number of rotatable bonds is 13. The van der Waals surface area contributed by atoms with Crippen molar-refractivity contribution in [2.45, 2.75) is 38.6 Å². The number of hydrogen-bond acceptors (Lipinski definition) is 8. The fraction of sp³-hybridized carbons (Fsp3) is 0.367. The molecule has 0 fully saturated rings. The van der Waals surface area contributed by atoms with E-state index in [0.29, 0.717) is 34.1 Å². The quantitative estimate of drug-likeness (QED) is 0.187. The maximum Gasteiger partial charge on any atom is 0.343 e. The van der Waals surface area contributed by atoms with Gasteiger partial charge in [0.15, 0.2) is 0 Å². The molecule has 0 aliphatic carbocycles. The highest BCUT2D eigenvalue weighted by molar-refractivity contribution is 9.10. The Bertz CT molecular complexity index is 1390. The lowest BCUT2D eigenvalue weighted by molar-refractivity contribution is -0.152. The zero-order valence-electron chi connectivity index (χ0n) is 24.7. The second-order valence-corrected chi connectivity index (χ2v) is 10.2. The fourth-order valence-corrected chi connectivity index (χ4v) is 4.66. The highest BCUT2D eigenvalue weighted by Gasteiger charge is 2.47. The van der Waals surface area contributed by atoms with E-state index in [1.165, 1.54) is 53.3 Å². The molecule has 1 heterocycles. The number of hydrogen-bond donors (Lipinski definition) is 1. The summed E-state index contributed by atoms with van der Waals surface area (Å²) < 4.78 is 57.7. The number of pyridine rings is 1. The number of nitrogens with one attached hydrogen (secondary N) is 1. The second-order valence-electron chi connectivity index (χ2n) is 9.42. The van der Waals surface area contributed by atoms with Crippen LogP contribution in [0.15, 0.2) is 53.1 Å². The monoisotopic (exact) mass is 665 g/mol. The molecule has 0 aliphatic rings. The molecule has 0 saturated carbocycles. The summed E-state index contributed by atoms with van der Waals surface area (Å²) >= 11 is 3.16. The predicted octanol–water partition coefficient (Wildman–Crippen LogP) is 5.55. The molecule has 0 spiro atoms. The van der Waals surface area contributed by atoms with Gasteiger partial charge < -0.3 is 33.9 Å². The van der Waals surface area contributed by atoms with Crippen LogP contribution in [0.25, 0.3) is 0 Å². The van der Waals surface area contributed by atoms with Gasteiger partial charge in [0.25, 0.3) is 0 Å². The van der Waals surface area contributed by atoms with Crippen molar-refractivity contribution in [1.29, 1.82) is 0 Å². The topological polar surface area (TPSA) is 108 Å². The average molecular weight is 667 g/mol. The van der Waals surface area contributed by atoms with Crippen molar-refractivity contribution in [3.05, 3.63) is 75.8 Å². The van der Waals surface area contributed by atoms with Crippen LogP contribution in [0.4, 0.5) is 13.6 Å². The SMILES string of the molecule is CCOC(=O)[C@H](F)[C@](C)(NC(=O)N(Cc1ccc(OC)cc1OC)Cc1ccc(OC)cc1OC)c1nc(Br)ccc1F. The van der Waals surface area contributed by atoms with Crippen molar-refractivity contribution in [3.63, 3.8) is 0 Å². The maximum atomic E-state index is 15.9. The van der Waals surface area contributed by atoms with Crippen molar-refractivity contribution >= 4 is 27.9 Å². The average Bonchev–Trinajstić information content (AvgIpc) is 3.01. The number of halogens is 3. The number of methoxy groups -OCH3 is 4. The third-order valence-corrected chi connectivity index (χ3v) is 7.11. The van der Waals surface area contributed by atoms with Crippen LogP contribution in [0.5, 0.6) is 23.0 Å². The van der Waals surface area contributed by atoms with Gasteiger partial charge in [-0.1, -0.05) is 0 Å². The van der Waals surface area contributed by atoms with Gasteiger partial charge in [-0.3, -0.25) is 0 Å². The Morgan fingerprint density at radius 2 is 1.47 bits per heavy atom. The lowest BCUT2D eigenvalue weighted by Gasteiger charge is -2.35. The van der Waals surface area contributed by atoms with E-state index in [4.69, 9.17) is 23.7 Å². The van der Waals surface area contributed by atoms with Gasteiger partial charge >= 0.3 is 12.0 Å². The van der Waals surface area contributed by atoms with Crippen molar-refractivity contribution in [2.24, 2.45) is 0 Å². The summed E-state index contributed by atoms with van der Waals surface area (Å²) in [5, 5.41) is 2.53. The Kier molecular flexibility index (Phi) is 11.5. The zero-order valence-corrected chi connectivity index (χ0v) is 26.3. The van der Waals surface area contributed by atoms with Gasteiger partial charge in [0, 0.05) is 23.3 Å². The number of urea groups is 1. The van der Waals surface area contributed by atoms with E-state index in [0.717, 1.165) is 6.07 Å². The molecule has 3 aromatic rings. The minimum atomic E-state index is -2.51. The first-order chi connectivity index (χ1) is 20.5. The lowest BCUT2D eigenvalue weighted by Crippen LogP contribution is -2.57. The van der Waals surface area contributed by atoms with Crippen LogP contribution in [0.2, 0.25) is 0 Å². The molecule has 0 bridgehead atoms. The molecule has 0 aliphatic heterocycles. The van der Waals surface area contributed by atoms with E-state index in [-0.39, 0.29) is 24.3 Å². The standard InChI is InChI=1S/C30H34BrF2N3O7/c1-7-43-28(37)26(33)30(2,27-22(32)12-13-25(31)34-27)35-29(38)36(16-18-8-10-20(39-3)14-23(18)41-5)17-19-9-11-21(40-4)15-24(19)42-6/h8-15,26H,7,16-17H2,1-6H3,(H,35,38)/t26-,30-/m0/s1. The molecule has 0 radical (unpaired) electrons. The van der Waals surface area contributed by atoms with Gasteiger partial charge in [-0.2, -0.15) is 0 Å². The molecule has 2 atom stereocenters. The number of aromatic nitrogens is 1. The van der Waals surface area contributed by atoms with Crippen LogP contribution >= 0.6 is 15.9 Å². The minimum Gasteiger partial charge on any atom is -0.497 e. The third-order valence-electron chi connectivity index (χ3n) is 6.67. The molecule has 2 aromatic carbocycles. The Labute approximate surface area is 257 Å². The Hall–Kier alpha value is -4.13. The number of esters is 1. The van der Waals surface area contributed by atoms with Gasteiger partial charge in [-0.25, -0.2) is 23.4 Å². The molecular formula is C30H34BrF2N3O7. The van der Waals surface area contributed by atoms with Crippen molar-refractivity contribution in [3.8, 4) is 23.0 Å². The Morgan fingerprint density at radius 1 is 0.930 bits per heavy atom. The number of nitrogens with zero attached hydrogens (tertiary/aromatic N) is 2. The lowest BCUT2D eigenvalue weighted by atomic mass is 9.90. The largest absolute Gasteiger partial charge is 0.497 e. The molecule has 2 amide bonds. The molecule has 13 heteroatoms. The van der Waals surface area contributed by atoms with E-state index in [9.17, 15) is 9.59 Å². The highest BCUT2D eigenvalue weighted by atomic mass is 79.9. The van der Waals surface area contributed by atoms with Crippen LogP contribution in [0, 0.1) is 5.82 Å². The summed E-state index contributed by atoms with van der Waals surface area (Å²) in [7, 11) is 5.97. The molecule has 10 nitrogen and oxygen atoms in total. The number of amides is 2. The summed E-state index contributed by atoms with van der Waals surface area (Å²) in [5.41, 5.74) is -1.60. The zero-order chi connectivity index (χ0) is 31.7. The summed E-state index contributed by atoms with van der Waals surface area (Å²) in [6.45, 7) is 2.46. The van der Waals surface area contributed by atoms with Crippen LogP contribution in [0.1, 0.15) is 30.7 Å². The molecule has 1 N–H and O–H groups in total. The van der Waals surface area contributed by atoms with Gasteiger partial charge in [-0.15, -0.1) is 0 Å². The maximum absolute atomic E-state index is 15.9. The minimum absolute atomic E-state index is 0.0466. The van der Waals surface area contributed by atoms with Crippen molar-refractivity contribution in [1.82, 2.24) is 15.2 Å². The molecule has 43 heavy (non-hydrogen) atoms. The molecular weight excluding hydrogens is 632 g/mol. The summed E-state index contributed by atoms with van der Waals surface area (Å²) in [6, 6.07) is 11.7. The third kappa shape index (κ3) is 7.83. The molecule has 232 valence electrons.